The maximum Gasteiger partial charge on any atom is 0.339 e. The van der Waals surface area contributed by atoms with Crippen molar-refractivity contribution in [2.75, 3.05) is 65.7 Å². The summed E-state index contributed by atoms with van der Waals surface area (Å²) in [5.41, 5.74) is 1.10. The van der Waals surface area contributed by atoms with Crippen LogP contribution in [-0.4, -0.2) is 156 Å². The minimum atomic E-state index is -2.69. The van der Waals surface area contributed by atoms with Gasteiger partial charge in [-0.25, -0.2) is 27.2 Å². The van der Waals surface area contributed by atoms with Gasteiger partial charge < -0.3 is 58.2 Å². The Bertz CT molecular complexity index is 2310. The van der Waals surface area contributed by atoms with Crippen molar-refractivity contribution in [1.82, 2.24) is 19.6 Å². The third-order valence-electron chi connectivity index (χ3n) is 14.3. The predicted molar refractivity (Wildman–Crippen MR) is 265 cm³/mol. The van der Waals surface area contributed by atoms with E-state index in [2.05, 4.69) is 9.80 Å². The van der Waals surface area contributed by atoms with Gasteiger partial charge in [0.2, 0.25) is 12.2 Å². The van der Waals surface area contributed by atoms with Gasteiger partial charge in [0, 0.05) is 88.4 Å². The Morgan fingerprint density at radius 1 is 0.500 bits per heavy atom. The number of esters is 2. The van der Waals surface area contributed by atoms with E-state index in [1.54, 1.807) is 0 Å². The SMILES string of the molecule is O=C(OC(C(=O)N(Cc1ccc(F)cc1)C1CCN(CCC2OCCCO2)CC1)c1ccc(F)cc1)C(O)C(O)C(=O)OC(C(=O)N(Cc1ccc(F)cc1)C1CCN(CCC2OCCCO2)CC1)c1ccc(F)cc1. The van der Waals surface area contributed by atoms with Crippen LogP contribution in [0, 0.1) is 23.3 Å². The second kappa shape index (κ2) is 27.5. The molecule has 2 N–H and O–H groups in total. The molecule has 4 fully saturated rings. The van der Waals surface area contributed by atoms with E-state index < -0.39 is 83.5 Å². The molecule has 4 saturated heterocycles. The molecule has 76 heavy (non-hydrogen) atoms. The van der Waals surface area contributed by atoms with Gasteiger partial charge >= 0.3 is 11.9 Å². The van der Waals surface area contributed by atoms with Crippen molar-refractivity contribution in [2.24, 2.45) is 0 Å². The minimum Gasteiger partial charge on any atom is -0.445 e. The highest BCUT2D eigenvalue weighted by molar-refractivity contribution is 5.91. The lowest BCUT2D eigenvalue weighted by molar-refractivity contribution is -0.185. The number of amides is 2. The van der Waals surface area contributed by atoms with E-state index in [0.29, 0.717) is 115 Å². The van der Waals surface area contributed by atoms with Crippen molar-refractivity contribution in [3.8, 4) is 0 Å². The summed E-state index contributed by atoms with van der Waals surface area (Å²) in [7, 11) is 0. The second-order valence-electron chi connectivity index (χ2n) is 19.6. The van der Waals surface area contributed by atoms with Crippen LogP contribution in [0.5, 0.6) is 0 Å². The molecular weight excluding hydrogens is 997 g/mol. The largest absolute Gasteiger partial charge is 0.445 e. The molecule has 2 amide bonds. The fraction of sp³-hybridized carbons (Fsp3) is 0.500. The molecule has 4 heterocycles. The number of aliphatic hydroxyl groups excluding tert-OH is 2. The summed E-state index contributed by atoms with van der Waals surface area (Å²) < 4.78 is 91.1. The molecule has 4 aliphatic heterocycles. The Hall–Kier alpha value is -5.84. The number of carbonyl (C=O) groups is 4. The van der Waals surface area contributed by atoms with Crippen LogP contribution in [0.4, 0.5) is 17.6 Å². The first kappa shape index (κ1) is 56.4. The van der Waals surface area contributed by atoms with Crippen LogP contribution in [0.3, 0.4) is 0 Å². The van der Waals surface area contributed by atoms with Crippen LogP contribution in [0.2, 0.25) is 0 Å². The number of piperidine rings is 2. The van der Waals surface area contributed by atoms with Crippen LogP contribution in [0.25, 0.3) is 0 Å². The lowest BCUT2D eigenvalue weighted by Gasteiger charge is -2.40. The van der Waals surface area contributed by atoms with Crippen molar-refractivity contribution >= 4 is 23.8 Å². The predicted octanol–water partition coefficient (Wildman–Crippen LogP) is 6.13. The summed E-state index contributed by atoms with van der Waals surface area (Å²) in [6.07, 6.45) is -4.79. The fourth-order valence-electron chi connectivity index (χ4n) is 9.97. The Balaban J connectivity index is 0.987. The lowest BCUT2D eigenvalue weighted by Crippen LogP contribution is -2.50. The molecule has 20 heteroatoms. The molecule has 4 aromatic carbocycles. The molecule has 4 unspecified atom stereocenters. The van der Waals surface area contributed by atoms with Gasteiger partial charge in [-0.1, -0.05) is 48.5 Å². The zero-order valence-electron chi connectivity index (χ0n) is 42.3. The molecule has 16 nitrogen and oxygen atoms in total. The molecule has 0 aliphatic carbocycles. The standard InChI is InChI=1S/C56H66F4N4O12/c57-41-11-3-37(4-12-41)35-63(45-19-25-61(26-20-45)29-23-47-71-31-1-32-72-47)53(67)51(39-7-15-43(59)16-8-39)75-55(69)49(65)50(66)56(70)76-52(40-9-17-44(60)18-10-40)54(68)64(36-38-5-13-42(58)14-6-38)46-21-27-62(28-22-46)30-24-48-73-33-2-34-74-48/h3-18,45-52,65-66H,1-2,19-36H2. The van der Waals surface area contributed by atoms with Crippen molar-refractivity contribution in [1.29, 1.82) is 0 Å². The number of likely N-dealkylation sites (tertiary alicyclic amines) is 2. The van der Waals surface area contributed by atoms with Gasteiger partial charge in [-0.2, -0.15) is 0 Å². The molecule has 0 saturated carbocycles. The summed E-state index contributed by atoms with van der Waals surface area (Å²) in [4.78, 5) is 65.3. The van der Waals surface area contributed by atoms with E-state index in [1.807, 2.05) is 0 Å². The van der Waals surface area contributed by atoms with Crippen molar-refractivity contribution in [3.05, 3.63) is 143 Å². The average Bonchev–Trinajstić information content (AvgIpc) is 3.45. The van der Waals surface area contributed by atoms with E-state index in [0.717, 1.165) is 37.1 Å². The third kappa shape index (κ3) is 15.6. The zero-order valence-corrected chi connectivity index (χ0v) is 42.3. The average molecular weight is 1060 g/mol. The topological polar surface area (TPSA) is 177 Å². The number of hydrogen-bond donors (Lipinski definition) is 2. The monoisotopic (exact) mass is 1060 g/mol. The Kier molecular flexibility index (Phi) is 20.4. The smallest absolute Gasteiger partial charge is 0.339 e. The Morgan fingerprint density at radius 3 is 1.12 bits per heavy atom. The molecule has 4 aromatic rings. The van der Waals surface area contributed by atoms with Crippen molar-refractivity contribution in [2.45, 2.75) is 114 Å². The van der Waals surface area contributed by atoms with E-state index >= 15 is 0 Å². The molecule has 8 rings (SSSR count). The second-order valence-corrected chi connectivity index (χ2v) is 19.6. The summed E-state index contributed by atoms with van der Waals surface area (Å²) in [6.45, 7) is 6.08. The van der Waals surface area contributed by atoms with Crippen LogP contribution in [0.15, 0.2) is 97.1 Å². The van der Waals surface area contributed by atoms with Crippen LogP contribution in [-0.2, 0) is 60.7 Å². The Labute approximate surface area is 439 Å². The normalized spacial score (nSPS) is 19.3. The number of aliphatic hydroxyl groups is 2. The maximum absolute atomic E-state index is 14.9. The highest BCUT2D eigenvalue weighted by Crippen LogP contribution is 2.31. The first-order valence-corrected chi connectivity index (χ1v) is 26.1. The Morgan fingerprint density at radius 2 is 0.803 bits per heavy atom. The van der Waals surface area contributed by atoms with Crippen LogP contribution >= 0.6 is 0 Å². The van der Waals surface area contributed by atoms with E-state index in [-0.39, 0.29) is 36.8 Å². The first-order chi connectivity index (χ1) is 36.8. The maximum atomic E-state index is 14.9. The third-order valence-corrected chi connectivity index (χ3v) is 14.3. The molecular formula is C56H66F4N4O12. The number of carbonyl (C=O) groups excluding carboxylic acids is 4. The first-order valence-electron chi connectivity index (χ1n) is 26.1. The molecule has 410 valence electrons. The van der Waals surface area contributed by atoms with Gasteiger partial charge in [-0.05, 0) is 98.2 Å². The molecule has 4 aliphatic rings. The molecule has 0 bridgehead atoms. The summed E-state index contributed by atoms with van der Waals surface area (Å²) in [5, 5.41) is 22.8. The number of benzene rings is 4. The van der Waals surface area contributed by atoms with Crippen molar-refractivity contribution < 1.29 is 75.4 Å². The van der Waals surface area contributed by atoms with Crippen LogP contribution in [0.1, 0.15) is 85.8 Å². The van der Waals surface area contributed by atoms with E-state index in [4.69, 9.17) is 28.4 Å². The highest BCUT2D eigenvalue weighted by Gasteiger charge is 2.42. The highest BCUT2D eigenvalue weighted by atomic mass is 19.1. The van der Waals surface area contributed by atoms with Gasteiger partial charge in [0.1, 0.15) is 23.3 Å². The van der Waals surface area contributed by atoms with Gasteiger partial charge in [-0.3, -0.25) is 9.59 Å². The molecule has 0 spiro atoms. The molecule has 0 radical (unpaired) electrons. The van der Waals surface area contributed by atoms with Gasteiger partial charge in [0.15, 0.2) is 24.8 Å². The summed E-state index contributed by atoms with van der Waals surface area (Å²) in [6, 6.07) is 19.2. The van der Waals surface area contributed by atoms with Gasteiger partial charge in [0.05, 0.1) is 26.4 Å². The zero-order chi connectivity index (χ0) is 53.6. The molecule has 0 aromatic heterocycles. The van der Waals surface area contributed by atoms with Crippen molar-refractivity contribution in [3.63, 3.8) is 0 Å². The fourth-order valence-corrected chi connectivity index (χ4v) is 9.97. The number of nitrogens with zero attached hydrogens (tertiary/aromatic N) is 4. The number of hydrogen-bond acceptors (Lipinski definition) is 14. The minimum absolute atomic E-state index is 0.000606. The number of ether oxygens (including phenoxy) is 6. The quantitative estimate of drug-likeness (QED) is 0.0720. The molecule has 4 atom stereocenters. The summed E-state index contributed by atoms with van der Waals surface area (Å²) in [5.74, 6) is -7.15. The number of halogens is 4. The van der Waals surface area contributed by atoms with E-state index in [9.17, 15) is 47.0 Å². The summed E-state index contributed by atoms with van der Waals surface area (Å²) >= 11 is 0. The van der Waals surface area contributed by atoms with Gasteiger partial charge in [0.25, 0.3) is 11.8 Å². The number of rotatable bonds is 21. The van der Waals surface area contributed by atoms with Gasteiger partial charge in [-0.15, -0.1) is 0 Å². The lowest BCUT2D eigenvalue weighted by atomic mass is 9.99. The van der Waals surface area contributed by atoms with E-state index in [1.165, 1.54) is 82.6 Å². The van der Waals surface area contributed by atoms with Crippen LogP contribution < -0.4 is 0 Å².